The maximum absolute atomic E-state index is 13.3. The molecule has 10 heteroatoms. The SMILES string of the molecule is C=CCOC(=O)C(Cl)N1C(=O)[C@H]([C@@H](C)O[Si](C)(C)C(C)(C)C)[C@H]1[C@@H](C)C(=O)COCc1ccc(OC)cc1. The van der Waals surface area contributed by atoms with Crippen LogP contribution in [0, 0.1) is 11.8 Å². The normalized spacial score (nSPS) is 20.2. The Morgan fingerprint density at radius 3 is 2.32 bits per heavy atom. The third kappa shape index (κ3) is 7.46. The summed E-state index contributed by atoms with van der Waals surface area (Å²) in [4.78, 5) is 40.3. The van der Waals surface area contributed by atoms with E-state index in [0.717, 1.165) is 11.3 Å². The number of halogens is 1. The summed E-state index contributed by atoms with van der Waals surface area (Å²) in [7, 11) is -0.620. The fraction of sp³-hybridized carbons (Fsp3) is 0.607. The van der Waals surface area contributed by atoms with Crippen molar-refractivity contribution in [3.05, 3.63) is 42.5 Å². The second-order valence-corrected chi connectivity index (χ2v) is 16.4. The zero-order chi connectivity index (χ0) is 28.8. The third-order valence-electron chi connectivity index (χ3n) is 7.50. The van der Waals surface area contributed by atoms with Crippen LogP contribution in [0.25, 0.3) is 0 Å². The molecule has 0 N–H and O–H groups in total. The van der Waals surface area contributed by atoms with Gasteiger partial charge in [0.25, 0.3) is 0 Å². The van der Waals surface area contributed by atoms with Crippen molar-refractivity contribution in [1.29, 1.82) is 0 Å². The Labute approximate surface area is 232 Å². The maximum atomic E-state index is 13.3. The number of likely N-dealkylation sites (tertiary alicyclic amines) is 1. The second-order valence-electron chi connectivity index (χ2n) is 11.2. The van der Waals surface area contributed by atoms with Crippen molar-refractivity contribution in [3.63, 3.8) is 0 Å². The summed E-state index contributed by atoms with van der Waals surface area (Å²) in [6.07, 6.45) is 0.953. The second kappa shape index (κ2) is 13.2. The average Bonchev–Trinajstić information content (AvgIpc) is 2.84. The Balaban J connectivity index is 2.19. The molecule has 1 amide bonds. The molecule has 0 spiro atoms. The Morgan fingerprint density at radius 2 is 1.79 bits per heavy atom. The molecule has 5 atom stereocenters. The van der Waals surface area contributed by atoms with Crippen LogP contribution in [-0.4, -0.2) is 68.8 Å². The Morgan fingerprint density at radius 1 is 1.18 bits per heavy atom. The molecule has 38 heavy (non-hydrogen) atoms. The van der Waals surface area contributed by atoms with Crippen LogP contribution >= 0.6 is 11.6 Å². The number of methoxy groups -OCH3 is 1. The van der Waals surface area contributed by atoms with Crippen molar-refractivity contribution < 1.29 is 33.0 Å². The summed E-state index contributed by atoms with van der Waals surface area (Å²) in [5, 5.41) is -0.0660. The van der Waals surface area contributed by atoms with Crippen molar-refractivity contribution >= 4 is 37.6 Å². The zero-order valence-electron chi connectivity index (χ0n) is 23.8. The molecule has 0 radical (unpaired) electrons. The number of carbonyl (C=O) groups is 3. The van der Waals surface area contributed by atoms with Crippen LogP contribution in [0.1, 0.15) is 40.2 Å². The van der Waals surface area contributed by atoms with E-state index in [2.05, 4.69) is 40.4 Å². The number of alkyl halides is 1. The van der Waals surface area contributed by atoms with Crippen molar-refractivity contribution in [2.45, 2.75) is 77.0 Å². The number of hydrogen-bond acceptors (Lipinski definition) is 7. The molecule has 1 unspecified atom stereocenters. The summed E-state index contributed by atoms with van der Waals surface area (Å²) in [5.41, 5.74) is -0.467. The molecule has 1 aromatic rings. The number of esters is 1. The van der Waals surface area contributed by atoms with Gasteiger partial charge in [0.15, 0.2) is 14.1 Å². The summed E-state index contributed by atoms with van der Waals surface area (Å²) >= 11 is 6.40. The molecule has 1 aromatic carbocycles. The van der Waals surface area contributed by atoms with Gasteiger partial charge in [-0.05, 0) is 42.8 Å². The molecule has 0 aliphatic carbocycles. The van der Waals surface area contributed by atoms with E-state index in [1.807, 2.05) is 31.2 Å². The van der Waals surface area contributed by atoms with Crippen molar-refractivity contribution in [1.82, 2.24) is 4.90 Å². The van der Waals surface area contributed by atoms with Crippen molar-refractivity contribution in [3.8, 4) is 5.75 Å². The van der Waals surface area contributed by atoms with E-state index in [1.165, 1.54) is 11.0 Å². The molecule has 0 bridgehead atoms. The number of Topliss-reactive ketones (excluding diaryl/α,β-unsaturated/α-hetero) is 1. The molecule has 1 aliphatic rings. The smallest absolute Gasteiger partial charge is 0.344 e. The first-order valence-electron chi connectivity index (χ1n) is 12.8. The molecule has 1 aliphatic heterocycles. The molecule has 1 heterocycles. The van der Waals surface area contributed by atoms with E-state index in [-0.39, 0.29) is 36.5 Å². The summed E-state index contributed by atoms with van der Waals surface area (Å²) in [6, 6.07) is 6.73. The maximum Gasteiger partial charge on any atom is 0.344 e. The minimum Gasteiger partial charge on any atom is -0.497 e. The van der Waals surface area contributed by atoms with E-state index in [1.54, 1.807) is 14.0 Å². The number of rotatable bonds is 14. The highest BCUT2D eigenvalue weighted by molar-refractivity contribution is 6.74. The third-order valence-corrected chi connectivity index (χ3v) is 12.5. The Kier molecular flexibility index (Phi) is 11.2. The van der Waals surface area contributed by atoms with Gasteiger partial charge < -0.3 is 23.5 Å². The fourth-order valence-corrected chi connectivity index (χ4v) is 5.92. The minimum absolute atomic E-state index is 0.0310. The van der Waals surface area contributed by atoms with Crippen LogP contribution in [0.4, 0.5) is 0 Å². The first-order chi connectivity index (χ1) is 17.7. The highest BCUT2D eigenvalue weighted by Crippen LogP contribution is 2.43. The van der Waals surface area contributed by atoms with E-state index in [9.17, 15) is 14.4 Å². The standard InChI is InChI=1S/C28H42ClNO7Si/c1-10-15-36-27(33)25(29)30-24(23(26(30)32)19(3)37-38(8,9)28(4,5)6)18(2)22(31)17-35-16-20-11-13-21(34-7)14-12-20/h10-14,18-19,23-25H,1,15-17H2,2-9H3/t18-,19+,23+,24+,25?/m0/s1. The van der Waals surface area contributed by atoms with Crippen molar-refractivity contribution in [2.24, 2.45) is 11.8 Å². The summed E-state index contributed by atoms with van der Waals surface area (Å²) in [5.74, 6) is -1.85. The number of amides is 1. The number of ketones is 1. The lowest BCUT2D eigenvalue weighted by molar-refractivity contribution is -0.178. The highest BCUT2D eigenvalue weighted by Gasteiger charge is 2.58. The van der Waals surface area contributed by atoms with E-state index >= 15 is 0 Å². The fourth-order valence-electron chi connectivity index (χ4n) is 4.20. The first kappa shape index (κ1) is 32.0. The topological polar surface area (TPSA) is 91.4 Å². The molecular formula is C28H42ClNO7Si. The number of benzene rings is 1. The molecule has 1 saturated heterocycles. The molecule has 0 aromatic heterocycles. The molecule has 1 fully saturated rings. The van der Waals surface area contributed by atoms with Gasteiger partial charge in [-0.3, -0.25) is 9.59 Å². The van der Waals surface area contributed by atoms with Gasteiger partial charge in [0.1, 0.15) is 19.0 Å². The van der Waals surface area contributed by atoms with Gasteiger partial charge in [0, 0.05) is 5.92 Å². The number of carbonyl (C=O) groups excluding carboxylic acids is 3. The minimum atomic E-state index is -2.21. The Bertz CT molecular complexity index is 992. The van der Waals surface area contributed by atoms with E-state index < -0.39 is 43.8 Å². The quantitative estimate of drug-likeness (QED) is 0.0784. The van der Waals surface area contributed by atoms with Gasteiger partial charge >= 0.3 is 5.97 Å². The van der Waals surface area contributed by atoms with Crippen LogP contribution in [0.15, 0.2) is 36.9 Å². The highest BCUT2D eigenvalue weighted by atomic mass is 35.5. The van der Waals surface area contributed by atoms with Gasteiger partial charge in [0.05, 0.1) is 31.8 Å². The van der Waals surface area contributed by atoms with Crippen molar-refractivity contribution in [2.75, 3.05) is 20.3 Å². The zero-order valence-corrected chi connectivity index (χ0v) is 25.5. The van der Waals surface area contributed by atoms with Gasteiger partial charge in [-0.25, -0.2) is 4.79 Å². The average molecular weight is 568 g/mol. The molecule has 0 saturated carbocycles. The van der Waals surface area contributed by atoms with Crippen LogP contribution in [0.3, 0.4) is 0 Å². The van der Waals surface area contributed by atoms with E-state index in [4.69, 9.17) is 30.2 Å². The van der Waals surface area contributed by atoms with Gasteiger partial charge in [-0.1, -0.05) is 64.1 Å². The largest absolute Gasteiger partial charge is 0.497 e. The molecular weight excluding hydrogens is 526 g/mol. The number of hydrogen-bond donors (Lipinski definition) is 0. The lowest BCUT2D eigenvalue weighted by Gasteiger charge is -2.54. The van der Waals surface area contributed by atoms with Gasteiger partial charge in [-0.2, -0.15) is 0 Å². The predicted octanol–water partition coefficient (Wildman–Crippen LogP) is 4.95. The number of nitrogens with zero attached hydrogens (tertiary/aromatic N) is 1. The van der Waals surface area contributed by atoms with Crippen LogP contribution in [0.5, 0.6) is 5.75 Å². The lowest BCUT2D eigenvalue weighted by atomic mass is 9.75. The molecule has 2 rings (SSSR count). The lowest BCUT2D eigenvalue weighted by Crippen LogP contribution is -2.71. The Hall–Kier alpha value is -2.20. The molecule has 212 valence electrons. The van der Waals surface area contributed by atoms with Crippen LogP contribution < -0.4 is 4.74 Å². The molecule has 8 nitrogen and oxygen atoms in total. The summed E-state index contributed by atoms with van der Waals surface area (Å²) < 4.78 is 22.4. The number of ether oxygens (including phenoxy) is 3. The monoisotopic (exact) mass is 567 g/mol. The number of β-lactam (4-membered cyclic amide) rings is 1. The van der Waals surface area contributed by atoms with Gasteiger partial charge in [-0.15, -0.1) is 0 Å². The summed E-state index contributed by atoms with van der Waals surface area (Å²) in [6.45, 7) is 17.7. The van der Waals surface area contributed by atoms with Crippen LogP contribution in [0.2, 0.25) is 18.1 Å². The van der Waals surface area contributed by atoms with Gasteiger partial charge in [0.2, 0.25) is 11.4 Å². The first-order valence-corrected chi connectivity index (χ1v) is 16.2. The van der Waals surface area contributed by atoms with E-state index in [0.29, 0.717) is 0 Å². The predicted molar refractivity (Wildman–Crippen MR) is 149 cm³/mol. The van der Waals surface area contributed by atoms with Crippen LogP contribution in [-0.2, 0) is 34.9 Å².